The molecule has 106 valence electrons. The van der Waals surface area contributed by atoms with Crippen molar-refractivity contribution in [3.05, 3.63) is 29.8 Å². The molecule has 3 atom stereocenters. The molecule has 0 bridgehead atoms. The molecule has 3 heteroatoms. The molecule has 19 heavy (non-hydrogen) atoms. The van der Waals surface area contributed by atoms with E-state index in [1.54, 1.807) is 7.11 Å². The molecule has 2 N–H and O–H groups in total. The molecule has 1 aliphatic heterocycles. The number of likely N-dealkylation sites (tertiary alicyclic amines) is 1. The summed E-state index contributed by atoms with van der Waals surface area (Å²) in [5.74, 6) is 0.947. The van der Waals surface area contributed by atoms with Crippen LogP contribution in [0.1, 0.15) is 44.7 Å². The zero-order chi connectivity index (χ0) is 13.8. The molecule has 1 fully saturated rings. The van der Waals surface area contributed by atoms with Crippen molar-refractivity contribution in [1.29, 1.82) is 0 Å². The number of nitrogens with two attached hydrogens (primary N) is 1. The standard InChI is InChI=1S/C16H26N2O/c1-12-7-6-8-13(2)18(12)15(11-17)14-9-4-5-10-16(14)19-3/h4-5,9-10,12-13,15H,6-8,11,17H2,1-3H3/t12-,13+,15?. The molecule has 0 aliphatic carbocycles. The Balaban J connectivity index is 2.32. The Morgan fingerprint density at radius 3 is 2.47 bits per heavy atom. The van der Waals surface area contributed by atoms with Gasteiger partial charge in [-0.15, -0.1) is 0 Å². The third kappa shape index (κ3) is 2.93. The molecule has 0 radical (unpaired) electrons. The molecule has 0 aromatic heterocycles. The third-order valence-corrected chi connectivity index (χ3v) is 4.34. The molecule has 1 unspecified atom stereocenters. The lowest BCUT2D eigenvalue weighted by Gasteiger charge is -2.44. The monoisotopic (exact) mass is 262 g/mol. The zero-order valence-electron chi connectivity index (χ0n) is 12.3. The van der Waals surface area contributed by atoms with Gasteiger partial charge in [-0.3, -0.25) is 4.90 Å². The summed E-state index contributed by atoms with van der Waals surface area (Å²) in [6.07, 6.45) is 3.84. The minimum atomic E-state index is 0.251. The predicted octanol–water partition coefficient (Wildman–Crippen LogP) is 2.96. The summed E-state index contributed by atoms with van der Waals surface area (Å²) in [5, 5.41) is 0. The lowest BCUT2D eigenvalue weighted by molar-refractivity contribution is 0.0567. The highest BCUT2D eigenvalue weighted by Gasteiger charge is 2.32. The van der Waals surface area contributed by atoms with E-state index in [4.69, 9.17) is 10.5 Å². The van der Waals surface area contributed by atoms with Gasteiger partial charge in [-0.2, -0.15) is 0 Å². The van der Waals surface area contributed by atoms with Crippen molar-refractivity contribution >= 4 is 0 Å². The van der Waals surface area contributed by atoms with E-state index in [2.05, 4.69) is 30.9 Å². The Kier molecular flexibility index (Phi) is 4.83. The van der Waals surface area contributed by atoms with E-state index in [0.717, 1.165) is 5.75 Å². The van der Waals surface area contributed by atoms with Crippen LogP contribution in [0.25, 0.3) is 0 Å². The Hall–Kier alpha value is -1.06. The maximum atomic E-state index is 6.09. The van der Waals surface area contributed by atoms with E-state index in [-0.39, 0.29) is 6.04 Å². The largest absolute Gasteiger partial charge is 0.496 e. The number of para-hydroxylation sites is 1. The second-order valence-corrected chi connectivity index (χ2v) is 5.57. The molecule has 1 aliphatic rings. The van der Waals surface area contributed by atoms with Crippen molar-refractivity contribution in [2.75, 3.05) is 13.7 Å². The number of nitrogens with zero attached hydrogens (tertiary/aromatic N) is 1. The first-order valence-electron chi connectivity index (χ1n) is 7.29. The van der Waals surface area contributed by atoms with Crippen molar-refractivity contribution in [2.45, 2.75) is 51.2 Å². The predicted molar refractivity (Wildman–Crippen MR) is 79.4 cm³/mol. The van der Waals surface area contributed by atoms with E-state index in [9.17, 15) is 0 Å². The van der Waals surface area contributed by atoms with Gasteiger partial charge < -0.3 is 10.5 Å². The second kappa shape index (κ2) is 6.40. The number of hydrogen-bond acceptors (Lipinski definition) is 3. The number of benzene rings is 1. The van der Waals surface area contributed by atoms with Crippen LogP contribution < -0.4 is 10.5 Å². The van der Waals surface area contributed by atoms with Gasteiger partial charge in [0.1, 0.15) is 5.75 Å². The lowest BCUT2D eigenvalue weighted by atomic mass is 9.92. The highest BCUT2D eigenvalue weighted by Crippen LogP contribution is 2.35. The topological polar surface area (TPSA) is 38.5 Å². The van der Waals surface area contributed by atoms with Crippen molar-refractivity contribution in [3.8, 4) is 5.75 Å². The Morgan fingerprint density at radius 1 is 1.26 bits per heavy atom. The highest BCUT2D eigenvalue weighted by atomic mass is 16.5. The van der Waals surface area contributed by atoms with Gasteiger partial charge in [-0.1, -0.05) is 24.6 Å². The number of piperidine rings is 1. The molecular formula is C16H26N2O. The summed E-state index contributed by atoms with van der Waals surface area (Å²) in [6, 6.07) is 9.67. The molecule has 3 nitrogen and oxygen atoms in total. The molecule has 1 heterocycles. The minimum Gasteiger partial charge on any atom is -0.496 e. The van der Waals surface area contributed by atoms with E-state index in [1.165, 1.54) is 24.8 Å². The van der Waals surface area contributed by atoms with E-state index in [1.807, 2.05) is 12.1 Å². The fourth-order valence-corrected chi connectivity index (χ4v) is 3.41. The first-order chi connectivity index (χ1) is 9.19. The molecule has 1 aromatic carbocycles. The van der Waals surface area contributed by atoms with Gasteiger partial charge in [-0.05, 0) is 32.8 Å². The van der Waals surface area contributed by atoms with Crippen LogP contribution in [-0.4, -0.2) is 30.6 Å². The average molecular weight is 262 g/mol. The van der Waals surface area contributed by atoms with Gasteiger partial charge in [0.25, 0.3) is 0 Å². The van der Waals surface area contributed by atoms with E-state index in [0.29, 0.717) is 18.6 Å². The number of hydrogen-bond donors (Lipinski definition) is 1. The summed E-state index contributed by atoms with van der Waals surface area (Å²) in [4.78, 5) is 2.57. The lowest BCUT2D eigenvalue weighted by Crippen LogP contribution is -2.48. The molecule has 2 rings (SSSR count). The summed E-state index contributed by atoms with van der Waals surface area (Å²) in [5.41, 5.74) is 7.30. The van der Waals surface area contributed by atoms with Crippen LogP contribution >= 0.6 is 0 Å². The van der Waals surface area contributed by atoms with Crippen LogP contribution in [0.4, 0.5) is 0 Å². The fourth-order valence-electron chi connectivity index (χ4n) is 3.41. The Labute approximate surface area is 116 Å². The quantitative estimate of drug-likeness (QED) is 0.906. The van der Waals surface area contributed by atoms with E-state index >= 15 is 0 Å². The maximum Gasteiger partial charge on any atom is 0.123 e. The first-order valence-corrected chi connectivity index (χ1v) is 7.29. The van der Waals surface area contributed by atoms with Crippen LogP contribution in [0.3, 0.4) is 0 Å². The maximum absolute atomic E-state index is 6.09. The van der Waals surface area contributed by atoms with Gasteiger partial charge in [-0.25, -0.2) is 0 Å². The van der Waals surface area contributed by atoms with Crippen LogP contribution in [0.5, 0.6) is 5.75 Å². The zero-order valence-corrected chi connectivity index (χ0v) is 12.3. The van der Waals surface area contributed by atoms with Crippen molar-refractivity contribution in [3.63, 3.8) is 0 Å². The van der Waals surface area contributed by atoms with Gasteiger partial charge in [0.05, 0.1) is 13.2 Å². The van der Waals surface area contributed by atoms with Crippen LogP contribution in [-0.2, 0) is 0 Å². The summed E-state index contributed by atoms with van der Waals surface area (Å²) < 4.78 is 5.51. The normalized spacial score (nSPS) is 26.1. The van der Waals surface area contributed by atoms with Crippen LogP contribution in [0.2, 0.25) is 0 Å². The van der Waals surface area contributed by atoms with Crippen molar-refractivity contribution in [2.24, 2.45) is 5.73 Å². The van der Waals surface area contributed by atoms with Gasteiger partial charge in [0.15, 0.2) is 0 Å². The summed E-state index contributed by atoms with van der Waals surface area (Å²) in [7, 11) is 1.73. The Morgan fingerprint density at radius 2 is 1.89 bits per heavy atom. The minimum absolute atomic E-state index is 0.251. The molecular weight excluding hydrogens is 236 g/mol. The number of methoxy groups -OCH3 is 1. The van der Waals surface area contributed by atoms with Crippen LogP contribution in [0, 0.1) is 0 Å². The SMILES string of the molecule is COc1ccccc1C(CN)N1[C@H](C)CCC[C@@H]1C. The first kappa shape index (κ1) is 14.4. The highest BCUT2D eigenvalue weighted by molar-refractivity contribution is 5.36. The molecule has 1 aromatic rings. The number of rotatable bonds is 4. The van der Waals surface area contributed by atoms with Gasteiger partial charge >= 0.3 is 0 Å². The van der Waals surface area contributed by atoms with Crippen molar-refractivity contribution in [1.82, 2.24) is 4.90 Å². The average Bonchev–Trinajstić information content (AvgIpc) is 2.43. The summed E-state index contributed by atoms with van der Waals surface area (Å²) >= 11 is 0. The third-order valence-electron chi connectivity index (χ3n) is 4.34. The molecule has 0 spiro atoms. The smallest absolute Gasteiger partial charge is 0.123 e. The number of ether oxygens (including phenoxy) is 1. The van der Waals surface area contributed by atoms with Crippen molar-refractivity contribution < 1.29 is 4.74 Å². The fraction of sp³-hybridized carbons (Fsp3) is 0.625. The van der Waals surface area contributed by atoms with Crippen LogP contribution in [0.15, 0.2) is 24.3 Å². The van der Waals surface area contributed by atoms with E-state index < -0.39 is 0 Å². The Bertz CT molecular complexity index is 397. The van der Waals surface area contributed by atoms with Gasteiger partial charge in [0, 0.05) is 24.2 Å². The second-order valence-electron chi connectivity index (χ2n) is 5.57. The molecule has 1 saturated heterocycles. The molecule has 0 amide bonds. The molecule has 0 saturated carbocycles. The van der Waals surface area contributed by atoms with Gasteiger partial charge in [0.2, 0.25) is 0 Å². The summed E-state index contributed by atoms with van der Waals surface area (Å²) in [6.45, 7) is 5.26.